The molecule has 1 aromatic carbocycles. The lowest BCUT2D eigenvalue weighted by molar-refractivity contribution is -0.137. The largest absolute Gasteiger partial charge is 0.481 e. The molecule has 1 unspecified atom stereocenters. The molecule has 0 saturated carbocycles. The van der Waals surface area contributed by atoms with E-state index >= 15 is 0 Å². The number of aliphatic carboxylic acids is 1. The summed E-state index contributed by atoms with van der Waals surface area (Å²) in [6.07, 6.45) is 0. The van der Waals surface area contributed by atoms with Crippen molar-refractivity contribution >= 4 is 17.6 Å². The number of nitrogens with zero attached hydrogens (tertiary/aromatic N) is 2. The second-order valence-electron chi connectivity index (χ2n) is 4.14. The summed E-state index contributed by atoms with van der Waals surface area (Å²) in [5.74, 6) is -1.63. The van der Waals surface area contributed by atoms with E-state index in [4.69, 9.17) is 21.1 Å². The predicted molar refractivity (Wildman–Crippen MR) is 76.1 cm³/mol. The molecule has 0 amide bonds. The number of rotatable bonds is 5. The van der Waals surface area contributed by atoms with Gasteiger partial charge in [0.15, 0.2) is 5.82 Å². The van der Waals surface area contributed by atoms with Gasteiger partial charge in [0.25, 0.3) is 0 Å². The van der Waals surface area contributed by atoms with E-state index in [9.17, 15) is 9.90 Å². The molecule has 21 heavy (non-hydrogen) atoms. The lowest BCUT2D eigenvalue weighted by Gasteiger charge is -2.13. The maximum atomic E-state index is 11.6. The molecular weight excluding hydrogens is 296 g/mol. The van der Waals surface area contributed by atoms with Gasteiger partial charge in [-0.25, -0.2) is 0 Å². The molecule has 0 bridgehead atoms. The summed E-state index contributed by atoms with van der Waals surface area (Å²) >= 11 is 5.92. The van der Waals surface area contributed by atoms with Crippen LogP contribution in [0.15, 0.2) is 30.3 Å². The van der Waals surface area contributed by atoms with Gasteiger partial charge in [-0.15, -0.1) is 0 Å². The Morgan fingerprint density at radius 3 is 2.29 bits per heavy atom. The van der Waals surface area contributed by atoms with Crippen molar-refractivity contribution in [2.45, 2.75) is 5.92 Å². The Hall–Kier alpha value is -2.34. The van der Waals surface area contributed by atoms with Crippen molar-refractivity contribution in [1.82, 2.24) is 9.97 Å². The summed E-state index contributed by atoms with van der Waals surface area (Å²) in [6, 6.07) is 8.03. The van der Waals surface area contributed by atoms with Crippen molar-refractivity contribution in [3.63, 3.8) is 0 Å². The lowest BCUT2D eigenvalue weighted by atomic mass is 9.98. The number of carboxylic acid groups (broad SMARTS) is 1. The Morgan fingerprint density at radius 2 is 1.81 bits per heavy atom. The summed E-state index contributed by atoms with van der Waals surface area (Å²) in [7, 11) is 2.86. The maximum absolute atomic E-state index is 11.6. The highest BCUT2D eigenvalue weighted by molar-refractivity contribution is 6.30. The summed E-state index contributed by atoms with van der Waals surface area (Å²) in [5.41, 5.74) is 0.477. The third-order valence-corrected chi connectivity index (χ3v) is 3.04. The first-order valence-electron chi connectivity index (χ1n) is 6.00. The molecule has 0 spiro atoms. The van der Waals surface area contributed by atoms with Crippen LogP contribution in [-0.4, -0.2) is 35.3 Å². The van der Waals surface area contributed by atoms with E-state index in [2.05, 4.69) is 9.97 Å². The van der Waals surface area contributed by atoms with Crippen LogP contribution in [0.4, 0.5) is 0 Å². The molecule has 1 heterocycles. The van der Waals surface area contributed by atoms with E-state index in [1.54, 1.807) is 24.3 Å². The molecule has 1 atom stereocenters. The van der Waals surface area contributed by atoms with E-state index in [-0.39, 0.29) is 17.6 Å². The Bertz CT molecular complexity index is 641. The van der Waals surface area contributed by atoms with Gasteiger partial charge in [0.2, 0.25) is 11.8 Å². The predicted octanol–water partition coefficient (Wildman–Crippen LogP) is 2.36. The van der Waals surface area contributed by atoms with Gasteiger partial charge < -0.3 is 14.6 Å². The minimum Gasteiger partial charge on any atom is -0.481 e. The second kappa shape index (κ2) is 6.41. The van der Waals surface area contributed by atoms with Crippen LogP contribution >= 0.6 is 11.6 Å². The summed E-state index contributed by atoms with van der Waals surface area (Å²) in [6.45, 7) is 0. The van der Waals surface area contributed by atoms with Crippen LogP contribution in [0.3, 0.4) is 0 Å². The first-order chi connectivity index (χ1) is 10.0. The number of benzene rings is 1. The van der Waals surface area contributed by atoms with E-state index < -0.39 is 11.9 Å². The molecular formula is C14H13ClN2O4. The fourth-order valence-corrected chi connectivity index (χ4v) is 2.05. The average Bonchev–Trinajstić information content (AvgIpc) is 2.46. The van der Waals surface area contributed by atoms with Crippen molar-refractivity contribution in [1.29, 1.82) is 0 Å². The van der Waals surface area contributed by atoms with Crippen molar-refractivity contribution in [2.75, 3.05) is 14.2 Å². The van der Waals surface area contributed by atoms with Gasteiger partial charge in [0, 0.05) is 5.02 Å². The number of methoxy groups -OCH3 is 2. The minimum absolute atomic E-state index is 0.0703. The Morgan fingerprint density at radius 1 is 1.19 bits per heavy atom. The van der Waals surface area contributed by atoms with Crippen LogP contribution in [-0.2, 0) is 4.79 Å². The molecule has 0 radical (unpaired) electrons. The fourth-order valence-electron chi connectivity index (χ4n) is 1.85. The van der Waals surface area contributed by atoms with E-state index in [1.807, 2.05) is 0 Å². The van der Waals surface area contributed by atoms with Crippen LogP contribution in [0, 0.1) is 0 Å². The van der Waals surface area contributed by atoms with Gasteiger partial charge in [-0.05, 0) is 17.7 Å². The van der Waals surface area contributed by atoms with Gasteiger partial charge in [-0.3, -0.25) is 4.79 Å². The fraction of sp³-hybridized carbons (Fsp3) is 0.214. The zero-order chi connectivity index (χ0) is 15.4. The monoisotopic (exact) mass is 308 g/mol. The standard InChI is InChI=1S/C14H13ClN2O4/c1-20-10-7-11(21-2)17-13(16-10)12(14(18)19)8-4-3-5-9(15)6-8/h3-7,12H,1-2H3,(H,18,19). The quantitative estimate of drug-likeness (QED) is 0.913. The first-order valence-corrected chi connectivity index (χ1v) is 6.38. The van der Waals surface area contributed by atoms with Crippen LogP contribution in [0.2, 0.25) is 5.02 Å². The zero-order valence-corrected chi connectivity index (χ0v) is 12.2. The lowest BCUT2D eigenvalue weighted by Crippen LogP contribution is -2.17. The van der Waals surface area contributed by atoms with Crippen molar-refractivity contribution < 1.29 is 19.4 Å². The van der Waals surface area contributed by atoms with Crippen molar-refractivity contribution in [3.8, 4) is 11.8 Å². The van der Waals surface area contributed by atoms with Crippen LogP contribution < -0.4 is 9.47 Å². The minimum atomic E-state index is -1.09. The molecule has 0 aliphatic rings. The van der Waals surface area contributed by atoms with Crippen LogP contribution in [0.25, 0.3) is 0 Å². The summed E-state index contributed by atoms with van der Waals surface area (Å²) in [4.78, 5) is 19.8. The van der Waals surface area contributed by atoms with E-state index in [1.165, 1.54) is 20.3 Å². The van der Waals surface area contributed by atoms with Gasteiger partial charge in [-0.1, -0.05) is 23.7 Å². The van der Waals surface area contributed by atoms with Gasteiger partial charge in [-0.2, -0.15) is 9.97 Å². The van der Waals surface area contributed by atoms with Crippen molar-refractivity contribution in [2.24, 2.45) is 0 Å². The molecule has 0 aliphatic heterocycles. The molecule has 1 aromatic heterocycles. The topological polar surface area (TPSA) is 81.5 Å². The van der Waals surface area contributed by atoms with E-state index in [0.717, 1.165) is 0 Å². The second-order valence-corrected chi connectivity index (χ2v) is 4.57. The highest BCUT2D eigenvalue weighted by atomic mass is 35.5. The maximum Gasteiger partial charge on any atom is 0.318 e. The molecule has 0 saturated heterocycles. The Labute approximate surface area is 126 Å². The van der Waals surface area contributed by atoms with Gasteiger partial charge in [0.1, 0.15) is 5.92 Å². The Kier molecular flexibility index (Phi) is 4.59. The average molecular weight is 309 g/mol. The number of hydrogen-bond donors (Lipinski definition) is 1. The van der Waals surface area contributed by atoms with Gasteiger partial charge >= 0.3 is 5.97 Å². The number of halogens is 1. The van der Waals surface area contributed by atoms with Gasteiger partial charge in [0.05, 0.1) is 20.3 Å². The number of hydrogen-bond acceptors (Lipinski definition) is 5. The third-order valence-electron chi connectivity index (χ3n) is 2.80. The molecule has 2 aromatic rings. The normalized spacial score (nSPS) is 11.8. The highest BCUT2D eigenvalue weighted by Gasteiger charge is 2.26. The molecule has 0 fully saturated rings. The SMILES string of the molecule is COc1cc(OC)nc(C(C(=O)O)c2cccc(Cl)c2)n1. The molecule has 0 aliphatic carbocycles. The molecule has 6 nitrogen and oxygen atoms in total. The third kappa shape index (κ3) is 3.41. The summed E-state index contributed by atoms with van der Waals surface area (Å²) < 4.78 is 10.1. The highest BCUT2D eigenvalue weighted by Crippen LogP contribution is 2.27. The zero-order valence-electron chi connectivity index (χ0n) is 11.4. The Balaban J connectivity index is 2.55. The van der Waals surface area contributed by atoms with Crippen molar-refractivity contribution in [3.05, 3.63) is 46.7 Å². The number of carbonyl (C=O) groups is 1. The van der Waals surface area contributed by atoms with Crippen LogP contribution in [0.1, 0.15) is 17.3 Å². The molecule has 7 heteroatoms. The summed E-state index contributed by atoms with van der Waals surface area (Å²) in [5, 5.41) is 9.93. The molecule has 2 rings (SSSR count). The molecule has 110 valence electrons. The molecule has 1 N–H and O–H groups in total. The number of carboxylic acids is 1. The first kappa shape index (κ1) is 15.1. The van der Waals surface area contributed by atoms with E-state index in [0.29, 0.717) is 10.6 Å². The number of aromatic nitrogens is 2. The van der Waals surface area contributed by atoms with Crippen LogP contribution in [0.5, 0.6) is 11.8 Å². The number of ether oxygens (including phenoxy) is 2. The smallest absolute Gasteiger partial charge is 0.318 e.